The topological polar surface area (TPSA) is 69.4 Å². The number of nitrogens with zero attached hydrogens (tertiary/aromatic N) is 1. The lowest BCUT2D eigenvalue weighted by Gasteiger charge is -2.09. The Morgan fingerprint density at radius 1 is 0.926 bits per heavy atom. The van der Waals surface area contributed by atoms with E-state index < -0.39 is 12.0 Å². The fraction of sp³-hybridized carbons (Fsp3) is 0.682. The van der Waals surface area contributed by atoms with Crippen LogP contribution in [0.4, 0.5) is 0 Å². The highest BCUT2D eigenvalue weighted by Crippen LogP contribution is 2.16. The molecule has 0 radical (unpaired) electrons. The molecule has 1 unspecified atom stereocenters. The van der Waals surface area contributed by atoms with E-state index in [1.807, 2.05) is 6.07 Å². The van der Waals surface area contributed by atoms with Crippen LogP contribution in [-0.4, -0.2) is 16.9 Å². The zero-order valence-electron chi connectivity index (χ0n) is 16.7. The number of carbonyl (C=O) groups is 1. The normalized spacial score (nSPS) is 11.9. The molecular formula is C22H35NO4. The van der Waals surface area contributed by atoms with Gasteiger partial charge in [-0.3, -0.25) is 14.9 Å². The SMILES string of the molecule is CCCCCCCCCCCCCC(CC(=O)Oc1ccccc1)[N+](=O)[O-]. The van der Waals surface area contributed by atoms with E-state index in [2.05, 4.69) is 6.92 Å². The molecule has 1 aromatic rings. The van der Waals surface area contributed by atoms with Crippen LogP contribution < -0.4 is 4.74 Å². The molecule has 0 amide bonds. The summed E-state index contributed by atoms with van der Waals surface area (Å²) in [4.78, 5) is 22.8. The molecular weight excluding hydrogens is 342 g/mol. The van der Waals surface area contributed by atoms with Crippen LogP contribution in [0, 0.1) is 10.1 Å². The number of nitro groups is 1. The smallest absolute Gasteiger partial charge is 0.318 e. The fourth-order valence-electron chi connectivity index (χ4n) is 3.18. The highest BCUT2D eigenvalue weighted by molar-refractivity contribution is 5.72. The first kappa shape index (κ1) is 23.1. The molecule has 0 fully saturated rings. The molecule has 5 nitrogen and oxygen atoms in total. The van der Waals surface area contributed by atoms with Crippen LogP contribution in [0.1, 0.15) is 90.4 Å². The van der Waals surface area contributed by atoms with Crippen LogP contribution in [0.15, 0.2) is 30.3 Å². The molecule has 152 valence electrons. The second kappa shape index (κ2) is 15.2. The molecule has 5 heteroatoms. The Balaban J connectivity index is 2.09. The van der Waals surface area contributed by atoms with Crippen LogP contribution in [-0.2, 0) is 4.79 Å². The van der Waals surface area contributed by atoms with Gasteiger partial charge in [-0.1, -0.05) is 89.3 Å². The average Bonchev–Trinajstić information content (AvgIpc) is 2.65. The molecule has 0 N–H and O–H groups in total. The summed E-state index contributed by atoms with van der Waals surface area (Å²) in [6.07, 6.45) is 13.6. The number of esters is 1. The Labute approximate surface area is 163 Å². The van der Waals surface area contributed by atoms with Gasteiger partial charge in [-0.15, -0.1) is 0 Å². The lowest BCUT2D eigenvalue weighted by molar-refractivity contribution is -0.522. The van der Waals surface area contributed by atoms with Gasteiger partial charge in [-0.25, -0.2) is 0 Å². The Bertz CT molecular complexity index is 518. The molecule has 0 aliphatic carbocycles. The summed E-state index contributed by atoms with van der Waals surface area (Å²) < 4.78 is 5.16. The molecule has 0 heterocycles. The highest BCUT2D eigenvalue weighted by Gasteiger charge is 2.24. The summed E-state index contributed by atoms with van der Waals surface area (Å²) in [6, 6.07) is 7.84. The van der Waals surface area contributed by atoms with Crippen LogP contribution in [0.2, 0.25) is 0 Å². The molecule has 0 saturated heterocycles. The van der Waals surface area contributed by atoms with Crippen molar-refractivity contribution in [1.29, 1.82) is 0 Å². The zero-order valence-corrected chi connectivity index (χ0v) is 16.7. The minimum Gasteiger partial charge on any atom is -0.426 e. The van der Waals surface area contributed by atoms with Crippen LogP contribution in [0.5, 0.6) is 5.75 Å². The Morgan fingerprint density at radius 2 is 1.44 bits per heavy atom. The van der Waals surface area contributed by atoms with Gasteiger partial charge in [0.2, 0.25) is 6.04 Å². The van der Waals surface area contributed by atoms with Gasteiger partial charge >= 0.3 is 5.97 Å². The first-order valence-corrected chi connectivity index (χ1v) is 10.5. The predicted molar refractivity (Wildman–Crippen MR) is 109 cm³/mol. The maximum Gasteiger partial charge on any atom is 0.318 e. The van der Waals surface area contributed by atoms with E-state index in [4.69, 9.17) is 4.74 Å². The number of ether oxygens (including phenoxy) is 1. The second-order valence-electron chi connectivity index (χ2n) is 7.25. The van der Waals surface area contributed by atoms with Crippen molar-refractivity contribution < 1.29 is 14.5 Å². The van der Waals surface area contributed by atoms with Gasteiger partial charge in [-0.05, 0) is 18.6 Å². The van der Waals surface area contributed by atoms with E-state index in [1.54, 1.807) is 24.3 Å². The first-order valence-electron chi connectivity index (χ1n) is 10.5. The Morgan fingerprint density at radius 3 is 1.96 bits per heavy atom. The largest absolute Gasteiger partial charge is 0.426 e. The second-order valence-corrected chi connectivity index (χ2v) is 7.25. The van der Waals surface area contributed by atoms with Crippen molar-refractivity contribution in [2.24, 2.45) is 0 Å². The maximum absolute atomic E-state index is 11.9. The fourth-order valence-corrected chi connectivity index (χ4v) is 3.18. The summed E-state index contributed by atoms with van der Waals surface area (Å²) >= 11 is 0. The Kier molecular flexibility index (Phi) is 13.0. The van der Waals surface area contributed by atoms with Crippen molar-refractivity contribution in [2.75, 3.05) is 0 Å². The van der Waals surface area contributed by atoms with Crippen molar-refractivity contribution in [3.63, 3.8) is 0 Å². The van der Waals surface area contributed by atoms with Gasteiger partial charge in [-0.2, -0.15) is 0 Å². The third-order valence-corrected chi connectivity index (χ3v) is 4.82. The number of hydrogen-bond donors (Lipinski definition) is 0. The number of hydrogen-bond acceptors (Lipinski definition) is 4. The van der Waals surface area contributed by atoms with Crippen molar-refractivity contribution in [3.8, 4) is 5.75 Å². The third kappa shape index (κ3) is 12.2. The predicted octanol–water partition coefficient (Wildman–Crippen LogP) is 6.33. The van der Waals surface area contributed by atoms with E-state index in [-0.39, 0.29) is 11.3 Å². The van der Waals surface area contributed by atoms with E-state index in [0.717, 1.165) is 19.3 Å². The molecule has 0 aromatic heterocycles. The summed E-state index contributed by atoms with van der Waals surface area (Å²) in [6.45, 7) is 2.23. The minimum atomic E-state index is -0.847. The lowest BCUT2D eigenvalue weighted by atomic mass is 10.0. The summed E-state index contributed by atoms with van der Waals surface area (Å²) in [5.41, 5.74) is 0. The molecule has 0 aliphatic heterocycles. The number of benzene rings is 1. The van der Waals surface area contributed by atoms with E-state index in [0.29, 0.717) is 12.2 Å². The molecule has 0 bridgehead atoms. The third-order valence-electron chi connectivity index (χ3n) is 4.82. The quantitative estimate of drug-likeness (QED) is 0.111. The van der Waals surface area contributed by atoms with Gasteiger partial charge in [0, 0.05) is 11.3 Å². The molecule has 1 aromatic carbocycles. The van der Waals surface area contributed by atoms with E-state index >= 15 is 0 Å². The van der Waals surface area contributed by atoms with E-state index in [9.17, 15) is 14.9 Å². The molecule has 1 rings (SSSR count). The number of unbranched alkanes of at least 4 members (excludes halogenated alkanes) is 10. The maximum atomic E-state index is 11.9. The van der Waals surface area contributed by atoms with Gasteiger partial charge in [0.15, 0.2) is 0 Å². The summed E-state index contributed by atoms with van der Waals surface area (Å²) in [5.74, 6) is -0.106. The van der Waals surface area contributed by atoms with Crippen molar-refractivity contribution in [2.45, 2.75) is 96.4 Å². The molecule has 0 aliphatic rings. The zero-order chi connectivity index (χ0) is 19.7. The summed E-state index contributed by atoms with van der Waals surface area (Å²) in [7, 11) is 0. The van der Waals surface area contributed by atoms with Gasteiger partial charge in [0.1, 0.15) is 12.2 Å². The van der Waals surface area contributed by atoms with Crippen LogP contribution in [0.3, 0.4) is 0 Å². The first-order chi connectivity index (χ1) is 13.1. The monoisotopic (exact) mass is 377 g/mol. The van der Waals surface area contributed by atoms with Gasteiger partial charge < -0.3 is 4.74 Å². The van der Waals surface area contributed by atoms with Crippen molar-refractivity contribution >= 4 is 5.97 Å². The summed E-state index contributed by atoms with van der Waals surface area (Å²) in [5, 5.41) is 11.2. The Hall–Kier alpha value is -1.91. The van der Waals surface area contributed by atoms with Crippen molar-refractivity contribution in [3.05, 3.63) is 40.4 Å². The molecule has 0 spiro atoms. The van der Waals surface area contributed by atoms with Gasteiger partial charge in [0.05, 0.1) is 0 Å². The van der Waals surface area contributed by atoms with E-state index in [1.165, 1.54) is 51.4 Å². The highest BCUT2D eigenvalue weighted by atomic mass is 16.6. The molecule has 27 heavy (non-hydrogen) atoms. The standard InChI is InChI=1S/C22H35NO4/c1-2-3-4-5-6-7-8-9-10-11-13-16-20(23(25)26)19-22(24)27-21-17-14-12-15-18-21/h12,14-15,17-18,20H,2-11,13,16,19H2,1H3. The molecule has 0 saturated carbocycles. The number of para-hydroxylation sites is 1. The average molecular weight is 378 g/mol. The molecule has 1 atom stereocenters. The van der Waals surface area contributed by atoms with Crippen molar-refractivity contribution in [1.82, 2.24) is 0 Å². The number of carbonyl (C=O) groups excluding carboxylic acids is 1. The minimum absolute atomic E-state index is 0.167. The lowest BCUT2D eigenvalue weighted by Crippen LogP contribution is -2.25. The number of rotatable bonds is 16. The van der Waals surface area contributed by atoms with Crippen LogP contribution >= 0.6 is 0 Å². The van der Waals surface area contributed by atoms with Gasteiger partial charge in [0.25, 0.3) is 0 Å². The van der Waals surface area contributed by atoms with Crippen LogP contribution in [0.25, 0.3) is 0 Å².